The van der Waals surface area contributed by atoms with Gasteiger partial charge in [-0.15, -0.1) is 0 Å². The van der Waals surface area contributed by atoms with E-state index in [2.05, 4.69) is 4.90 Å². The van der Waals surface area contributed by atoms with Gasteiger partial charge in [0.1, 0.15) is 22.4 Å². The first-order valence-corrected chi connectivity index (χ1v) is 15.9. The Balaban J connectivity index is 1.37. The molecule has 0 spiro atoms. The lowest BCUT2D eigenvalue weighted by molar-refractivity contribution is -0.122. The van der Waals surface area contributed by atoms with E-state index in [4.69, 9.17) is 38.4 Å². The van der Waals surface area contributed by atoms with Crippen molar-refractivity contribution in [1.82, 2.24) is 9.80 Å². The van der Waals surface area contributed by atoms with Crippen molar-refractivity contribution in [3.63, 3.8) is 0 Å². The molecule has 1 amide bonds. The second kappa shape index (κ2) is 14.4. The van der Waals surface area contributed by atoms with Gasteiger partial charge in [-0.2, -0.15) is 0 Å². The molecular formula is C33H33ClN2O5S2. The summed E-state index contributed by atoms with van der Waals surface area (Å²) in [5.74, 6) is 0.206. The minimum Gasteiger partial charge on any atom is -0.492 e. The van der Waals surface area contributed by atoms with E-state index in [1.54, 1.807) is 29.2 Å². The van der Waals surface area contributed by atoms with Crippen molar-refractivity contribution in [3.05, 3.63) is 87.3 Å². The van der Waals surface area contributed by atoms with Crippen LogP contribution >= 0.6 is 35.6 Å². The first-order chi connectivity index (χ1) is 20.8. The Morgan fingerprint density at radius 2 is 1.70 bits per heavy atom. The average Bonchev–Trinajstić information content (AvgIpc) is 3.61. The standard InChI is InChI=1S/C33H33ClN2O5S2/c1-2-40-29-12-10-25(20-27(29)34)24-9-11-28(41-18-17-35-14-3-4-15-35)26(19-24)21-30-31(37)36(33(42)43-30)16-13-22-5-7-23(8-6-22)32(38)39/h5-12,19-21H,2-4,13-18H2,1H3,(H,38,39). The second-order valence-corrected chi connectivity index (χ2v) is 12.4. The molecule has 3 aromatic rings. The fourth-order valence-electron chi connectivity index (χ4n) is 5.11. The molecule has 2 aliphatic rings. The second-order valence-electron chi connectivity index (χ2n) is 10.3. The van der Waals surface area contributed by atoms with Gasteiger partial charge in [-0.25, -0.2) is 4.79 Å². The van der Waals surface area contributed by atoms with Crippen LogP contribution in [0.5, 0.6) is 11.5 Å². The molecule has 0 saturated carbocycles. The fraction of sp³-hybridized carbons (Fsp3) is 0.303. The van der Waals surface area contributed by atoms with E-state index in [1.165, 1.54) is 24.6 Å². The first kappa shape index (κ1) is 31.1. The number of aromatic carboxylic acids is 1. The lowest BCUT2D eigenvalue weighted by atomic mass is 10.0. The molecule has 2 saturated heterocycles. The number of nitrogens with zero attached hydrogens (tertiary/aromatic N) is 2. The summed E-state index contributed by atoms with van der Waals surface area (Å²) in [6, 6.07) is 18.3. The smallest absolute Gasteiger partial charge is 0.335 e. The SMILES string of the molecule is CCOc1ccc(-c2ccc(OCCN3CCCC3)c(C=C3SC(=S)N(CCc4ccc(C(=O)O)cc4)C3=O)c2)cc1Cl. The summed E-state index contributed by atoms with van der Waals surface area (Å²) in [4.78, 5) is 29.1. The number of carboxylic acids is 1. The van der Waals surface area contributed by atoms with Crippen molar-refractivity contribution in [2.75, 3.05) is 39.4 Å². The summed E-state index contributed by atoms with van der Waals surface area (Å²) in [5, 5.41) is 9.67. The topological polar surface area (TPSA) is 79.3 Å². The van der Waals surface area contributed by atoms with E-state index in [1.807, 2.05) is 49.4 Å². The van der Waals surface area contributed by atoms with Gasteiger partial charge in [-0.3, -0.25) is 14.6 Å². The summed E-state index contributed by atoms with van der Waals surface area (Å²) >= 11 is 13.3. The molecule has 10 heteroatoms. The number of hydrogen-bond acceptors (Lipinski definition) is 7. The molecule has 0 aromatic heterocycles. The van der Waals surface area contributed by atoms with E-state index in [0.29, 0.717) is 51.9 Å². The van der Waals surface area contributed by atoms with Crippen LogP contribution in [0.2, 0.25) is 5.02 Å². The number of rotatable bonds is 12. The Hall–Kier alpha value is -3.37. The largest absolute Gasteiger partial charge is 0.492 e. The van der Waals surface area contributed by atoms with Gasteiger partial charge < -0.3 is 14.6 Å². The van der Waals surface area contributed by atoms with Crippen LogP contribution in [-0.2, 0) is 11.2 Å². The summed E-state index contributed by atoms with van der Waals surface area (Å²) < 4.78 is 12.3. The van der Waals surface area contributed by atoms with Crippen LogP contribution in [-0.4, -0.2) is 70.5 Å². The van der Waals surface area contributed by atoms with Gasteiger partial charge >= 0.3 is 5.97 Å². The maximum atomic E-state index is 13.5. The molecule has 2 fully saturated rings. The lowest BCUT2D eigenvalue weighted by Gasteiger charge is -2.17. The van der Waals surface area contributed by atoms with Gasteiger partial charge in [0, 0.05) is 18.7 Å². The highest BCUT2D eigenvalue weighted by atomic mass is 35.5. The summed E-state index contributed by atoms with van der Waals surface area (Å²) in [7, 11) is 0. The minimum absolute atomic E-state index is 0.158. The van der Waals surface area contributed by atoms with Crippen molar-refractivity contribution in [1.29, 1.82) is 0 Å². The van der Waals surface area contributed by atoms with E-state index in [9.17, 15) is 9.59 Å². The zero-order valence-electron chi connectivity index (χ0n) is 23.9. The molecule has 7 nitrogen and oxygen atoms in total. The molecule has 43 heavy (non-hydrogen) atoms. The maximum Gasteiger partial charge on any atom is 0.335 e. The molecule has 2 aliphatic heterocycles. The molecule has 0 bridgehead atoms. The number of benzene rings is 3. The van der Waals surface area contributed by atoms with Gasteiger partial charge in [0.2, 0.25) is 0 Å². The number of carbonyl (C=O) groups is 2. The number of halogens is 1. The molecule has 0 atom stereocenters. The van der Waals surface area contributed by atoms with Crippen LogP contribution in [0.3, 0.4) is 0 Å². The molecule has 0 aliphatic carbocycles. The van der Waals surface area contributed by atoms with E-state index in [-0.39, 0.29) is 11.5 Å². The predicted molar refractivity (Wildman–Crippen MR) is 176 cm³/mol. The van der Waals surface area contributed by atoms with Crippen molar-refractivity contribution in [3.8, 4) is 22.6 Å². The third-order valence-electron chi connectivity index (χ3n) is 7.42. The van der Waals surface area contributed by atoms with Gasteiger partial charge in [0.25, 0.3) is 5.91 Å². The monoisotopic (exact) mass is 636 g/mol. The summed E-state index contributed by atoms with van der Waals surface area (Å²) in [6.45, 7) is 6.45. The Bertz CT molecular complexity index is 1540. The summed E-state index contributed by atoms with van der Waals surface area (Å²) in [6.07, 6.45) is 4.85. The minimum atomic E-state index is -0.970. The van der Waals surface area contributed by atoms with Crippen molar-refractivity contribution in [2.24, 2.45) is 0 Å². The lowest BCUT2D eigenvalue weighted by Crippen LogP contribution is -2.30. The highest BCUT2D eigenvalue weighted by Gasteiger charge is 2.32. The number of likely N-dealkylation sites (tertiary alicyclic amines) is 1. The van der Waals surface area contributed by atoms with Gasteiger partial charge in [0.15, 0.2) is 0 Å². The Morgan fingerprint density at radius 1 is 1.00 bits per heavy atom. The Labute approximate surface area is 266 Å². The molecule has 0 unspecified atom stereocenters. The van der Waals surface area contributed by atoms with Gasteiger partial charge in [0.05, 0.1) is 22.1 Å². The number of carboxylic acid groups (broad SMARTS) is 1. The number of ether oxygens (including phenoxy) is 2. The molecule has 2 heterocycles. The Morgan fingerprint density at radius 3 is 2.37 bits per heavy atom. The van der Waals surface area contributed by atoms with Crippen molar-refractivity contribution in [2.45, 2.75) is 26.2 Å². The highest BCUT2D eigenvalue weighted by molar-refractivity contribution is 8.26. The van der Waals surface area contributed by atoms with Crippen molar-refractivity contribution < 1.29 is 24.2 Å². The van der Waals surface area contributed by atoms with E-state index >= 15 is 0 Å². The van der Waals surface area contributed by atoms with Crippen LogP contribution < -0.4 is 9.47 Å². The van der Waals surface area contributed by atoms with E-state index in [0.717, 1.165) is 41.9 Å². The normalized spacial score (nSPS) is 16.3. The van der Waals surface area contributed by atoms with Crippen LogP contribution in [0.15, 0.2) is 65.6 Å². The quantitative estimate of drug-likeness (QED) is 0.168. The van der Waals surface area contributed by atoms with Crippen LogP contribution in [0.4, 0.5) is 0 Å². The molecule has 224 valence electrons. The third kappa shape index (κ3) is 7.78. The Kier molecular flexibility index (Phi) is 10.4. The van der Waals surface area contributed by atoms with Gasteiger partial charge in [-0.05, 0) is 98.4 Å². The zero-order chi connectivity index (χ0) is 30.3. The fourth-order valence-corrected chi connectivity index (χ4v) is 6.64. The number of thioether (sulfide) groups is 1. The third-order valence-corrected chi connectivity index (χ3v) is 9.10. The first-order valence-electron chi connectivity index (χ1n) is 14.3. The number of thiocarbonyl (C=S) groups is 1. The van der Waals surface area contributed by atoms with Crippen LogP contribution in [0.1, 0.15) is 41.3 Å². The van der Waals surface area contributed by atoms with Crippen LogP contribution in [0.25, 0.3) is 17.2 Å². The summed E-state index contributed by atoms with van der Waals surface area (Å²) in [5.41, 5.74) is 3.80. The average molecular weight is 637 g/mol. The number of amides is 1. The van der Waals surface area contributed by atoms with E-state index < -0.39 is 5.97 Å². The van der Waals surface area contributed by atoms with Gasteiger partial charge in [-0.1, -0.05) is 59.8 Å². The predicted octanol–water partition coefficient (Wildman–Crippen LogP) is 7.02. The molecule has 3 aromatic carbocycles. The van der Waals surface area contributed by atoms with Crippen LogP contribution in [0, 0.1) is 0 Å². The highest BCUT2D eigenvalue weighted by Crippen LogP contribution is 2.37. The number of carbonyl (C=O) groups excluding carboxylic acids is 1. The van der Waals surface area contributed by atoms with Crippen molar-refractivity contribution >= 4 is 57.9 Å². The number of hydrogen-bond donors (Lipinski definition) is 1. The maximum absolute atomic E-state index is 13.5. The molecule has 5 rings (SSSR count). The molecular weight excluding hydrogens is 604 g/mol. The molecule has 1 N–H and O–H groups in total. The zero-order valence-corrected chi connectivity index (χ0v) is 26.3. The molecule has 0 radical (unpaired) electrons.